The van der Waals surface area contributed by atoms with Crippen molar-refractivity contribution in [2.75, 3.05) is 5.43 Å². The monoisotopic (exact) mass is 388 g/mol. The van der Waals surface area contributed by atoms with Gasteiger partial charge in [0.15, 0.2) is 0 Å². The third-order valence-corrected chi connectivity index (χ3v) is 4.35. The highest BCUT2D eigenvalue weighted by Crippen LogP contribution is 2.34. The molecule has 3 aromatic rings. The molecule has 0 aliphatic rings. The summed E-state index contributed by atoms with van der Waals surface area (Å²) in [4.78, 5) is 0. The Bertz CT molecular complexity index is 870. The van der Waals surface area contributed by atoms with Gasteiger partial charge in [0, 0.05) is 12.1 Å². The smallest absolute Gasteiger partial charge is 0.277 e. The van der Waals surface area contributed by atoms with Gasteiger partial charge in [0.05, 0.1) is 16.3 Å². The Morgan fingerprint density at radius 3 is 1.93 bits per heavy atom. The summed E-state index contributed by atoms with van der Waals surface area (Å²) in [6.07, 6.45) is -2.79. The Morgan fingerprint density at radius 2 is 1.41 bits per heavy atom. The van der Waals surface area contributed by atoms with Crippen molar-refractivity contribution < 1.29 is 13.2 Å². The molecule has 0 saturated heterocycles. The lowest BCUT2D eigenvalue weighted by Crippen LogP contribution is -2.06. The Kier molecular flexibility index (Phi) is 5.81. The Labute approximate surface area is 160 Å². The summed E-state index contributed by atoms with van der Waals surface area (Å²) in [6.45, 7) is 0. The molecule has 3 aromatic carbocycles. The van der Waals surface area contributed by atoms with Crippen LogP contribution in [0.2, 0.25) is 5.02 Å². The summed E-state index contributed by atoms with van der Waals surface area (Å²) in [5, 5.41) is 4.31. The zero-order valence-corrected chi connectivity index (χ0v) is 14.9. The number of halogens is 4. The molecule has 0 aromatic heterocycles. The minimum atomic E-state index is -4.44. The molecule has 0 heterocycles. The molecule has 3 rings (SSSR count). The van der Waals surface area contributed by atoms with Crippen LogP contribution in [-0.2, 0) is 6.18 Å². The molecule has 0 aliphatic carbocycles. The fourth-order valence-electron chi connectivity index (χ4n) is 2.65. The number of alkyl halides is 3. The second kappa shape index (κ2) is 8.27. The van der Waals surface area contributed by atoms with Crippen molar-refractivity contribution in [2.45, 2.75) is 12.1 Å². The molecule has 0 unspecified atom stereocenters. The number of hydrogen-bond acceptors (Lipinski definition) is 2. The van der Waals surface area contributed by atoms with Gasteiger partial charge in [0.25, 0.3) is 0 Å². The molecular formula is C21H16ClF3N2. The van der Waals surface area contributed by atoms with Crippen LogP contribution < -0.4 is 5.43 Å². The van der Waals surface area contributed by atoms with E-state index in [4.69, 9.17) is 11.6 Å². The summed E-state index contributed by atoms with van der Waals surface area (Å²) in [5.41, 5.74) is 3.98. The van der Waals surface area contributed by atoms with E-state index in [-0.39, 0.29) is 16.6 Å². The van der Waals surface area contributed by atoms with Crippen LogP contribution in [0.5, 0.6) is 0 Å². The molecular weight excluding hydrogens is 373 g/mol. The van der Waals surface area contributed by atoms with Crippen molar-refractivity contribution in [2.24, 2.45) is 5.10 Å². The van der Waals surface area contributed by atoms with Gasteiger partial charge in [0.1, 0.15) is 0 Å². The molecule has 0 radical (unpaired) electrons. The van der Waals surface area contributed by atoms with Gasteiger partial charge < -0.3 is 0 Å². The molecule has 27 heavy (non-hydrogen) atoms. The molecule has 0 fully saturated rings. The van der Waals surface area contributed by atoms with Crippen molar-refractivity contribution in [3.63, 3.8) is 0 Å². The first kappa shape index (κ1) is 19.0. The first-order chi connectivity index (χ1) is 12.9. The van der Waals surface area contributed by atoms with E-state index in [0.717, 1.165) is 23.3 Å². The topological polar surface area (TPSA) is 24.4 Å². The predicted molar refractivity (Wildman–Crippen MR) is 103 cm³/mol. The van der Waals surface area contributed by atoms with Crippen LogP contribution in [0.4, 0.5) is 18.9 Å². The van der Waals surface area contributed by atoms with Gasteiger partial charge >= 0.3 is 6.18 Å². The van der Waals surface area contributed by atoms with Gasteiger partial charge in [-0.25, -0.2) is 0 Å². The lowest BCUT2D eigenvalue weighted by molar-refractivity contribution is -0.137. The number of hydrogen-bond donors (Lipinski definition) is 1. The van der Waals surface area contributed by atoms with E-state index in [1.807, 2.05) is 60.7 Å². The quantitative estimate of drug-likeness (QED) is 0.387. The van der Waals surface area contributed by atoms with Gasteiger partial charge in [-0.15, -0.1) is 0 Å². The van der Waals surface area contributed by atoms with Crippen molar-refractivity contribution in [3.05, 3.63) is 101 Å². The van der Waals surface area contributed by atoms with Crippen LogP contribution in [0.3, 0.4) is 0 Å². The standard InChI is InChI=1S/C21H16ClF3N2/c22-19-12-11-17(21(23,24)25)13-20(19)27-26-14-18(15-7-3-1-4-8-15)16-9-5-2-6-10-16/h1-14,18,27H. The average Bonchev–Trinajstić information content (AvgIpc) is 2.67. The zero-order valence-electron chi connectivity index (χ0n) is 14.1. The molecule has 6 heteroatoms. The van der Waals surface area contributed by atoms with Crippen LogP contribution in [0, 0.1) is 0 Å². The normalized spacial score (nSPS) is 11.9. The second-order valence-corrected chi connectivity index (χ2v) is 6.29. The number of rotatable bonds is 5. The summed E-state index contributed by atoms with van der Waals surface area (Å²) in [6, 6.07) is 22.5. The van der Waals surface area contributed by atoms with E-state index in [1.54, 1.807) is 6.21 Å². The predicted octanol–water partition coefficient (Wildman–Crippen LogP) is 6.59. The minimum Gasteiger partial charge on any atom is -0.277 e. The van der Waals surface area contributed by atoms with Crippen LogP contribution in [0.15, 0.2) is 84.0 Å². The van der Waals surface area contributed by atoms with E-state index in [0.29, 0.717) is 0 Å². The maximum atomic E-state index is 12.9. The van der Waals surface area contributed by atoms with Crippen molar-refractivity contribution in [1.29, 1.82) is 0 Å². The average molecular weight is 389 g/mol. The lowest BCUT2D eigenvalue weighted by atomic mass is 9.92. The zero-order chi connectivity index (χ0) is 19.3. The number of nitrogens with zero attached hydrogens (tertiary/aromatic N) is 1. The second-order valence-electron chi connectivity index (χ2n) is 5.88. The van der Waals surface area contributed by atoms with Crippen molar-refractivity contribution in [1.82, 2.24) is 0 Å². The fourth-order valence-corrected chi connectivity index (χ4v) is 2.81. The van der Waals surface area contributed by atoms with Crippen LogP contribution >= 0.6 is 11.6 Å². The highest BCUT2D eigenvalue weighted by atomic mass is 35.5. The molecule has 0 amide bonds. The molecule has 0 atom stereocenters. The van der Waals surface area contributed by atoms with Gasteiger partial charge in [-0.2, -0.15) is 18.3 Å². The molecule has 0 aliphatic heterocycles. The molecule has 0 spiro atoms. The van der Waals surface area contributed by atoms with Gasteiger partial charge in [-0.3, -0.25) is 5.43 Å². The largest absolute Gasteiger partial charge is 0.416 e. The third-order valence-electron chi connectivity index (χ3n) is 4.02. The first-order valence-corrected chi connectivity index (χ1v) is 8.59. The van der Waals surface area contributed by atoms with Gasteiger partial charge in [0.2, 0.25) is 0 Å². The lowest BCUT2D eigenvalue weighted by Gasteiger charge is -2.14. The summed E-state index contributed by atoms with van der Waals surface area (Å²) >= 11 is 5.99. The van der Waals surface area contributed by atoms with Crippen molar-refractivity contribution >= 4 is 23.5 Å². The number of benzene rings is 3. The number of nitrogens with one attached hydrogen (secondary N) is 1. The first-order valence-electron chi connectivity index (χ1n) is 8.21. The SMILES string of the molecule is FC(F)(F)c1ccc(Cl)c(NN=CC(c2ccccc2)c2ccccc2)c1. The van der Waals surface area contributed by atoms with Crippen LogP contribution in [-0.4, -0.2) is 6.21 Å². The number of hydrazone groups is 1. The minimum absolute atomic E-state index is 0.0996. The third kappa shape index (κ3) is 4.89. The molecule has 138 valence electrons. The van der Waals surface area contributed by atoms with E-state index in [2.05, 4.69) is 10.5 Å². The van der Waals surface area contributed by atoms with E-state index in [9.17, 15) is 13.2 Å². The fraction of sp³-hybridized carbons (Fsp3) is 0.0952. The molecule has 1 N–H and O–H groups in total. The number of anilines is 1. The Balaban J connectivity index is 1.86. The maximum Gasteiger partial charge on any atom is 0.416 e. The van der Waals surface area contributed by atoms with E-state index >= 15 is 0 Å². The van der Waals surface area contributed by atoms with Crippen LogP contribution in [0.25, 0.3) is 0 Å². The summed E-state index contributed by atoms with van der Waals surface area (Å²) < 4.78 is 38.7. The highest BCUT2D eigenvalue weighted by Gasteiger charge is 2.30. The van der Waals surface area contributed by atoms with E-state index in [1.165, 1.54) is 6.07 Å². The Hall–Kier alpha value is -2.79. The maximum absolute atomic E-state index is 12.9. The van der Waals surface area contributed by atoms with Crippen molar-refractivity contribution in [3.8, 4) is 0 Å². The summed E-state index contributed by atoms with van der Waals surface area (Å²) in [7, 11) is 0. The van der Waals surface area contributed by atoms with Crippen LogP contribution in [0.1, 0.15) is 22.6 Å². The molecule has 0 bridgehead atoms. The highest BCUT2D eigenvalue weighted by molar-refractivity contribution is 6.33. The molecule has 0 saturated carbocycles. The summed E-state index contributed by atoms with van der Waals surface area (Å²) in [5.74, 6) is -0.149. The Morgan fingerprint density at radius 1 is 0.852 bits per heavy atom. The van der Waals surface area contributed by atoms with Gasteiger partial charge in [-0.1, -0.05) is 72.3 Å². The van der Waals surface area contributed by atoms with E-state index < -0.39 is 11.7 Å². The van der Waals surface area contributed by atoms with Gasteiger partial charge in [-0.05, 0) is 29.3 Å². The molecule has 2 nitrogen and oxygen atoms in total.